The highest BCUT2D eigenvalue weighted by Crippen LogP contribution is 2.45. The molecular formula is C75H142O17P2. The maximum atomic E-state index is 13.1. The molecule has 0 aromatic carbocycles. The zero-order chi connectivity index (χ0) is 69.4. The van der Waals surface area contributed by atoms with E-state index >= 15 is 0 Å². The Hall–Kier alpha value is -2.46. The van der Waals surface area contributed by atoms with Gasteiger partial charge >= 0.3 is 39.5 Å². The summed E-state index contributed by atoms with van der Waals surface area (Å²) in [6.07, 6.45) is 53.7. The molecule has 3 unspecified atom stereocenters. The molecule has 0 spiro atoms. The Balaban J connectivity index is 5.27. The zero-order valence-corrected chi connectivity index (χ0v) is 62.7. The fourth-order valence-corrected chi connectivity index (χ4v) is 12.4. The van der Waals surface area contributed by atoms with E-state index in [0.29, 0.717) is 31.6 Å². The topological polar surface area (TPSA) is 237 Å². The van der Waals surface area contributed by atoms with Crippen LogP contribution in [-0.4, -0.2) is 96.7 Å². The highest BCUT2D eigenvalue weighted by Gasteiger charge is 2.30. The van der Waals surface area contributed by atoms with E-state index in [-0.39, 0.29) is 25.7 Å². The second-order valence-corrected chi connectivity index (χ2v) is 30.5. The van der Waals surface area contributed by atoms with Gasteiger partial charge in [-0.3, -0.25) is 37.3 Å². The minimum atomic E-state index is -4.96. The molecule has 0 saturated carbocycles. The number of unbranched alkanes of at least 4 members (excludes halogenated alkanes) is 35. The smallest absolute Gasteiger partial charge is 0.462 e. The Morgan fingerprint density at radius 1 is 0.351 bits per heavy atom. The Morgan fingerprint density at radius 2 is 0.628 bits per heavy atom. The number of phosphoric acid groups is 2. The van der Waals surface area contributed by atoms with Crippen molar-refractivity contribution >= 4 is 39.5 Å². The molecule has 3 N–H and O–H groups in total. The highest BCUT2D eigenvalue weighted by molar-refractivity contribution is 7.47. The molecule has 0 aliphatic carbocycles. The van der Waals surface area contributed by atoms with E-state index in [0.717, 1.165) is 127 Å². The first-order chi connectivity index (χ1) is 45.3. The largest absolute Gasteiger partial charge is 0.472 e. The number of esters is 4. The maximum Gasteiger partial charge on any atom is 0.472 e. The molecule has 0 rings (SSSR count). The third kappa shape index (κ3) is 66.8. The predicted molar refractivity (Wildman–Crippen MR) is 381 cm³/mol. The summed E-state index contributed by atoms with van der Waals surface area (Å²) < 4.78 is 68.4. The summed E-state index contributed by atoms with van der Waals surface area (Å²) in [6.45, 7) is 11.8. The average molecular weight is 1380 g/mol. The minimum Gasteiger partial charge on any atom is -0.462 e. The lowest BCUT2D eigenvalue weighted by Crippen LogP contribution is -2.30. The van der Waals surface area contributed by atoms with Gasteiger partial charge in [-0.25, -0.2) is 9.13 Å². The van der Waals surface area contributed by atoms with Gasteiger partial charge in [0.05, 0.1) is 26.4 Å². The van der Waals surface area contributed by atoms with Crippen LogP contribution >= 0.6 is 15.6 Å². The molecule has 0 amide bonds. The van der Waals surface area contributed by atoms with Gasteiger partial charge < -0.3 is 33.8 Å². The first-order valence-electron chi connectivity index (χ1n) is 38.2. The number of carbonyl (C=O) groups is 4. The van der Waals surface area contributed by atoms with E-state index in [9.17, 15) is 43.2 Å². The van der Waals surface area contributed by atoms with Gasteiger partial charge in [0.2, 0.25) is 0 Å². The van der Waals surface area contributed by atoms with Gasteiger partial charge in [0.15, 0.2) is 12.2 Å². The SMILES string of the molecule is CCCCCC/C=C\C=C/CCCCCCCC(=O)OC[C@H](COP(=O)(O)OC[C@@H](O)COP(=O)(O)OC[C@@H](COC(=O)CCCCCCCCC(C)C)OC(=O)CCCCCCCCCCC(C)CC)OC(=O)CCCCCCCCCCCCCCCCCC(C)C. The third-order valence-corrected chi connectivity index (χ3v) is 19.0. The Kier molecular flexibility index (Phi) is 63.5. The minimum absolute atomic E-state index is 0.100. The fourth-order valence-electron chi connectivity index (χ4n) is 10.9. The van der Waals surface area contributed by atoms with Gasteiger partial charge in [0.1, 0.15) is 19.3 Å². The monoisotopic (exact) mass is 1380 g/mol. The van der Waals surface area contributed by atoms with E-state index in [1.54, 1.807) is 0 Å². The van der Waals surface area contributed by atoms with Crippen LogP contribution in [0.5, 0.6) is 0 Å². The number of aliphatic hydroxyl groups excluding tert-OH is 1. The van der Waals surface area contributed by atoms with Crippen molar-refractivity contribution < 1.29 is 80.2 Å². The number of phosphoric ester groups is 2. The number of hydrogen-bond acceptors (Lipinski definition) is 15. The van der Waals surface area contributed by atoms with Crippen LogP contribution in [0.15, 0.2) is 24.3 Å². The summed E-state index contributed by atoms with van der Waals surface area (Å²) in [6, 6.07) is 0. The lowest BCUT2D eigenvalue weighted by molar-refractivity contribution is -0.161. The molecule has 6 atom stereocenters. The summed E-state index contributed by atoms with van der Waals surface area (Å²) in [5.41, 5.74) is 0. The predicted octanol–water partition coefficient (Wildman–Crippen LogP) is 21.3. The average Bonchev–Trinajstić information content (AvgIpc) is 1.76. The molecule has 554 valence electrons. The third-order valence-electron chi connectivity index (χ3n) is 17.1. The molecular weight excluding hydrogens is 1230 g/mol. The molecule has 0 aromatic heterocycles. The van der Waals surface area contributed by atoms with Crippen LogP contribution in [0.2, 0.25) is 0 Å². The van der Waals surface area contributed by atoms with Crippen LogP contribution in [0.3, 0.4) is 0 Å². The van der Waals surface area contributed by atoms with Gasteiger partial charge in [-0.05, 0) is 69.1 Å². The van der Waals surface area contributed by atoms with Crippen LogP contribution in [0.1, 0.15) is 357 Å². The van der Waals surface area contributed by atoms with Gasteiger partial charge in [0.25, 0.3) is 0 Å². The maximum absolute atomic E-state index is 13.1. The van der Waals surface area contributed by atoms with Gasteiger partial charge in [-0.2, -0.15) is 0 Å². The number of hydrogen-bond donors (Lipinski definition) is 3. The summed E-state index contributed by atoms with van der Waals surface area (Å²) in [5.74, 6) is 0.0929. The summed E-state index contributed by atoms with van der Waals surface area (Å²) in [4.78, 5) is 72.7. The molecule has 0 aromatic rings. The van der Waals surface area contributed by atoms with Crippen LogP contribution in [0.4, 0.5) is 0 Å². The molecule has 0 aliphatic heterocycles. The van der Waals surface area contributed by atoms with Crippen molar-refractivity contribution in [2.24, 2.45) is 17.8 Å². The molecule has 0 aliphatic rings. The Labute approximate surface area is 573 Å². The van der Waals surface area contributed by atoms with E-state index < -0.39 is 97.5 Å². The number of allylic oxidation sites excluding steroid dienone is 4. The van der Waals surface area contributed by atoms with Crippen LogP contribution in [0, 0.1) is 17.8 Å². The first kappa shape index (κ1) is 91.5. The molecule has 0 fully saturated rings. The molecule has 0 bridgehead atoms. The quantitative estimate of drug-likeness (QED) is 0.0169. The van der Waals surface area contributed by atoms with Crippen molar-refractivity contribution in [2.75, 3.05) is 39.6 Å². The van der Waals surface area contributed by atoms with Crippen molar-refractivity contribution in [1.29, 1.82) is 0 Å². The summed E-state index contributed by atoms with van der Waals surface area (Å²) >= 11 is 0. The lowest BCUT2D eigenvalue weighted by atomic mass is 9.99. The number of ether oxygens (including phenoxy) is 4. The van der Waals surface area contributed by atoms with Crippen LogP contribution in [0.25, 0.3) is 0 Å². The molecule has 19 heteroatoms. The standard InChI is InChI=1S/C75H142O17P2/c1-8-10-11-12-13-14-15-16-18-22-25-28-34-42-49-56-72(77)85-62-70(91-74(79)58-51-44-35-29-26-23-20-17-19-21-24-27-32-39-46-53-66(3)4)64-89-93(81,82)87-60-69(76)61-88-94(83,84)90-65-71(63-86-73(78)57-50-43-38-37-40-47-54-67(5)6)92-75(80)59-52-45-36-31-30-33-41-48-55-68(7)9-2/h14-16,18,66-71,76H,8-13,17,19-65H2,1-7H3,(H,81,82)(H,83,84)/b15-14-,18-16-/t68?,69-,70-,71-/m1/s1. The van der Waals surface area contributed by atoms with Crippen LogP contribution < -0.4 is 0 Å². The zero-order valence-electron chi connectivity index (χ0n) is 60.9. The fraction of sp³-hybridized carbons (Fsp3) is 0.893. The van der Waals surface area contributed by atoms with Crippen molar-refractivity contribution in [1.82, 2.24) is 0 Å². The molecule has 0 saturated heterocycles. The van der Waals surface area contributed by atoms with E-state index in [1.807, 2.05) is 0 Å². The summed E-state index contributed by atoms with van der Waals surface area (Å²) in [7, 11) is -9.92. The van der Waals surface area contributed by atoms with Crippen molar-refractivity contribution in [3.8, 4) is 0 Å². The highest BCUT2D eigenvalue weighted by atomic mass is 31.2. The van der Waals surface area contributed by atoms with Crippen LogP contribution in [-0.2, 0) is 65.4 Å². The molecule has 0 heterocycles. The molecule has 0 radical (unpaired) electrons. The normalized spacial score (nSPS) is 14.6. The second kappa shape index (κ2) is 65.2. The Morgan fingerprint density at radius 3 is 0.947 bits per heavy atom. The van der Waals surface area contributed by atoms with Crippen molar-refractivity contribution in [3.63, 3.8) is 0 Å². The Bertz CT molecular complexity index is 1930. The second-order valence-electron chi connectivity index (χ2n) is 27.5. The van der Waals surface area contributed by atoms with E-state index in [4.69, 9.17) is 37.0 Å². The van der Waals surface area contributed by atoms with Gasteiger partial charge in [0, 0.05) is 25.7 Å². The van der Waals surface area contributed by atoms with E-state index in [2.05, 4.69) is 72.8 Å². The number of aliphatic hydroxyl groups is 1. The lowest BCUT2D eigenvalue weighted by Gasteiger charge is -2.21. The molecule has 94 heavy (non-hydrogen) atoms. The van der Waals surface area contributed by atoms with Crippen molar-refractivity contribution in [2.45, 2.75) is 375 Å². The number of carbonyl (C=O) groups excluding carboxylic acids is 4. The first-order valence-corrected chi connectivity index (χ1v) is 41.2. The molecule has 17 nitrogen and oxygen atoms in total. The summed E-state index contributed by atoms with van der Waals surface area (Å²) in [5, 5.41) is 10.6. The van der Waals surface area contributed by atoms with Gasteiger partial charge in [-0.15, -0.1) is 0 Å². The number of rotatable bonds is 71. The van der Waals surface area contributed by atoms with E-state index in [1.165, 1.54) is 141 Å². The van der Waals surface area contributed by atoms with Gasteiger partial charge in [-0.1, -0.05) is 304 Å². The van der Waals surface area contributed by atoms with Crippen molar-refractivity contribution in [3.05, 3.63) is 24.3 Å².